The van der Waals surface area contributed by atoms with Crippen LogP contribution in [0.1, 0.15) is 55.8 Å². The number of piperidine rings is 1. The van der Waals surface area contributed by atoms with Crippen molar-refractivity contribution < 1.29 is 17.6 Å². The average Bonchev–Trinajstić information content (AvgIpc) is 2.77. The molecule has 0 N–H and O–H groups in total. The van der Waals surface area contributed by atoms with E-state index in [0.29, 0.717) is 18.4 Å². The third-order valence-electron chi connectivity index (χ3n) is 6.61. The number of hydrogen-bond donors (Lipinski definition) is 0. The van der Waals surface area contributed by atoms with Crippen molar-refractivity contribution >= 4 is 27.3 Å². The summed E-state index contributed by atoms with van der Waals surface area (Å²) in [6, 6.07) is 8.33. The summed E-state index contributed by atoms with van der Waals surface area (Å²) < 4.78 is 38.9. The van der Waals surface area contributed by atoms with Gasteiger partial charge in [-0.15, -0.1) is 0 Å². The normalized spacial score (nSPS) is 16.0. The van der Waals surface area contributed by atoms with E-state index >= 15 is 0 Å². The van der Waals surface area contributed by atoms with Crippen molar-refractivity contribution in [2.75, 3.05) is 35.6 Å². The van der Waals surface area contributed by atoms with Gasteiger partial charge in [0.25, 0.3) is 0 Å². The van der Waals surface area contributed by atoms with Gasteiger partial charge < -0.3 is 4.90 Å². The molecule has 3 rings (SSSR count). The molecule has 1 saturated heterocycles. The maximum atomic E-state index is 14.6. The van der Waals surface area contributed by atoms with Crippen LogP contribution in [0.25, 0.3) is 0 Å². The van der Waals surface area contributed by atoms with Crippen LogP contribution in [-0.2, 0) is 21.2 Å². The van der Waals surface area contributed by atoms with Crippen molar-refractivity contribution in [3.05, 3.63) is 53.0 Å². The fraction of sp³-hybridized carbons (Fsp3) is 0.520. The van der Waals surface area contributed by atoms with Gasteiger partial charge in [0.05, 0.1) is 11.9 Å². The predicted molar refractivity (Wildman–Crippen MR) is 131 cm³/mol. The highest BCUT2D eigenvalue weighted by Crippen LogP contribution is 2.29. The minimum Gasteiger partial charge on any atom is -0.356 e. The summed E-state index contributed by atoms with van der Waals surface area (Å²) in [6.07, 6.45) is 4.21. The molecule has 0 radical (unpaired) electrons. The van der Waals surface area contributed by atoms with E-state index in [1.54, 1.807) is 13.0 Å². The van der Waals surface area contributed by atoms with E-state index in [4.69, 9.17) is 4.98 Å². The molecular formula is C25H34FN3O3S. The lowest BCUT2D eigenvalue weighted by Gasteiger charge is -2.32. The molecule has 1 unspecified atom stereocenters. The maximum Gasteiger partial charge on any atom is 0.232 e. The first-order valence-electron chi connectivity index (χ1n) is 11.4. The van der Waals surface area contributed by atoms with Gasteiger partial charge in [-0.2, -0.15) is 0 Å². The Labute approximate surface area is 196 Å². The van der Waals surface area contributed by atoms with Gasteiger partial charge in [0, 0.05) is 38.2 Å². The number of sulfonamides is 1. The molecule has 6 nitrogen and oxygen atoms in total. The Morgan fingerprint density at radius 3 is 2.52 bits per heavy atom. The predicted octanol–water partition coefficient (Wildman–Crippen LogP) is 4.47. The summed E-state index contributed by atoms with van der Waals surface area (Å²) in [7, 11) is -2.27. The topological polar surface area (TPSA) is 70.6 Å². The molecule has 180 valence electrons. The van der Waals surface area contributed by atoms with E-state index < -0.39 is 21.8 Å². The number of carbonyl (C=O) groups is 1. The number of aromatic nitrogens is 1. The number of Topliss-reactive ketones (excluding diaryl/α,β-unsaturated/α-hetero) is 1. The van der Waals surface area contributed by atoms with Gasteiger partial charge in [-0.3, -0.25) is 9.10 Å². The molecule has 33 heavy (non-hydrogen) atoms. The molecule has 1 atom stereocenters. The molecule has 1 aromatic heterocycles. The average molecular weight is 476 g/mol. The number of ketones is 1. The lowest BCUT2D eigenvalue weighted by Crippen LogP contribution is -2.34. The number of halogens is 1. The SMILES string of the molecule is Cc1ccc(CCC(=O)C(C)c2ccc(N(C)S(C)(=O)=O)c(F)c2)c(N2CCC(C)CC2)n1. The molecule has 0 saturated carbocycles. The van der Waals surface area contributed by atoms with Crippen LogP contribution < -0.4 is 9.21 Å². The molecule has 1 fully saturated rings. The Hall–Kier alpha value is -2.48. The molecular weight excluding hydrogens is 441 g/mol. The fourth-order valence-corrected chi connectivity index (χ4v) is 4.65. The number of anilines is 2. The first kappa shape index (κ1) is 25.1. The Balaban J connectivity index is 1.71. The molecule has 2 aromatic rings. The molecule has 0 amide bonds. The van der Waals surface area contributed by atoms with E-state index in [9.17, 15) is 17.6 Å². The van der Waals surface area contributed by atoms with Crippen LogP contribution in [0, 0.1) is 18.7 Å². The van der Waals surface area contributed by atoms with Crippen molar-refractivity contribution in [1.82, 2.24) is 4.98 Å². The first-order chi connectivity index (χ1) is 15.5. The van der Waals surface area contributed by atoms with E-state index in [1.807, 2.05) is 13.0 Å². The van der Waals surface area contributed by atoms with Gasteiger partial charge in [0.15, 0.2) is 0 Å². The molecule has 1 aliphatic heterocycles. The molecule has 0 spiro atoms. The highest BCUT2D eigenvalue weighted by molar-refractivity contribution is 7.92. The second-order valence-corrected chi connectivity index (χ2v) is 11.2. The van der Waals surface area contributed by atoms with Crippen LogP contribution in [0.2, 0.25) is 0 Å². The zero-order chi connectivity index (χ0) is 24.3. The lowest BCUT2D eigenvalue weighted by atomic mass is 9.92. The zero-order valence-electron chi connectivity index (χ0n) is 20.1. The van der Waals surface area contributed by atoms with Crippen LogP contribution in [0.15, 0.2) is 30.3 Å². The van der Waals surface area contributed by atoms with Crippen LogP contribution in [-0.4, -0.2) is 45.6 Å². The molecule has 2 heterocycles. The number of hydrogen-bond acceptors (Lipinski definition) is 5. The molecule has 0 aliphatic carbocycles. The molecule has 1 aliphatic rings. The molecule has 0 bridgehead atoms. The Morgan fingerprint density at radius 2 is 1.91 bits per heavy atom. The van der Waals surface area contributed by atoms with E-state index in [2.05, 4.69) is 17.9 Å². The van der Waals surface area contributed by atoms with E-state index in [0.717, 1.165) is 59.5 Å². The van der Waals surface area contributed by atoms with E-state index in [1.165, 1.54) is 19.2 Å². The Morgan fingerprint density at radius 1 is 1.24 bits per heavy atom. The van der Waals surface area contributed by atoms with Gasteiger partial charge in [0.1, 0.15) is 17.4 Å². The smallest absolute Gasteiger partial charge is 0.232 e. The largest absolute Gasteiger partial charge is 0.356 e. The highest BCUT2D eigenvalue weighted by atomic mass is 32.2. The highest BCUT2D eigenvalue weighted by Gasteiger charge is 2.23. The fourth-order valence-electron chi connectivity index (χ4n) is 4.15. The number of aryl methyl sites for hydroxylation is 2. The van der Waals surface area contributed by atoms with Crippen molar-refractivity contribution in [1.29, 1.82) is 0 Å². The van der Waals surface area contributed by atoms with Crippen molar-refractivity contribution in [2.45, 2.75) is 52.4 Å². The summed E-state index contributed by atoms with van der Waals surface area (Å²) in [4.78, 5) is 20.0. The van der Waals surface area contributed by atoms with Gasteiger partial charge in [-0.25, -0.2) is 17.8 Å². The monoisotopic (exact) mass is 475 g/mol. The number of benzene rings is 1. The first-order valence-corrected chi connectivity index (χ1v) is 13.3. The Kier molecular flexibility index (Phi) is 7.77. The summed E-state index contributed by atoms with van der Waals surface area (Å²) in [5.74, 6) is 0.555. The van der Waals surface area contributed by atoms with Crippen molar-refractivity contribution in [2.24, 2.45) is 5.92 Å². The van der Waals surface area contributed by atoms with E-state index in [-0.39, 0.29) is 11.5 Å². The number of rotatable bonds is 8. The van der Waals surface area contributed by atoms with Crippen LogP contribution in [0.4, 0.5) is 15.9 Å². The quantitative estimate of drug-likeness (QED) is 0.564. The van der Waals surface area contributed by atoms with Crippen LogP contribution >= 0.6 is 0 Å². The summed E-state index contributed by atoms with van der Waals surface area (Å²) in [6.45, 7) is 7.96. The second kappa shape index (κ2) is 10.2. The maximum absolute atomic E-state index is 14.6. The Bertz CT molecular complexity index is 1110. The summed E-state index contributed by atoms with van der Waals surface area (Å²) in [5, 5.41) is 0. The number of carbonyl (C=O) groups excluding carboxylic acids is 1. The summed E-state index contributed by atoms with van der Waals surface area (Å²) >= 11 is 0. The van der Waals surface area contributed by atoms with Crippen LogP contribution in [0.5, 0.6) is 0 Å². The summed E-state index contributed by atoms with van der Waals surface area (Å²) in [5.41, 5.74) is 2.52. The molecule has 1 aromatic carbocycles. The number of pyridine rings is 1. The van der Waals surface area contributed by atoms with Crippen LogP contribution in [0.3, 0.4) is 0 Å². The lowest BCUT2D eigenvalue weighted by molar-refractivity contribution is -0.120. The second-order valence-electron chi connectivity index (χ2n) is 9.23. The van der Waals surface area contributed by atoms with Crippen molar-refractivity contribution in [3.8, 4) is 0 Å². The van der Waals surface area contributed by atoms with Crippen molar-refractivity contribution in [3.63, 3.8) is 0 Å². The third kappa shape index (κ3) is 6.10. The zero-order valence-corrected chi connectivity index (χ0v) is 21.0. The van der Waals surface area contributed by atoms with Gasteiger partial charge >= 0.3 is 0 Å². The third-order valence-corrected chi connectivity index (χ3v) is 7.80. The standard InChI is InChI=1S/C25H34FN3O3S/c1-17-12-14-29(15-13-17)25-20(7-6-18(2)27-25)9-11-24(30)19(3)21-8-10-23(22(26)16-21)28(4)33(5,31)32/h6-8,10,16-17,19H,9,11-15H2,1-5H3. The van der Waals surface area contributed by atoms with Gasteiger partial charge in [-0.05, 0) is 61.4 Å². The number of nitrogens with zero attached hydrogens (tertiary/aromatic N) is 3. The van der Waals surface area contributed by atoms with Gasteiger partial charge in [-0.1, -0.05) is 26.0 Å². The minimum absolute atomic E-state index is 0.0115. The minimum atomic E-state index is -3.57. The molecule has 8 heteroatoms. The van der Waals surface area contributed by atoms with Gasteiger partial charge in [0.2, 0.25) is 10.0 Å².